The summed E-state index contributed by atoms with van der Waals surface area (Å²) in [6.07, 6.45) is 3.10. The number of nitrogens with two attached hydrogens (primary N) is 1. The van der Waals surface area contributed by atoms with Crippen molar-refractivity contribution in [2.75, 3.05) is 18.2 Å². The molecule has 6 rings (SSSR count). The summed E-state index contributed by atoms with van der Waals surface area (Å²) in [4.78, 5) is 32.0. The highest BCUT2D eigenvalue weighted by atomic mass is 19.1. The second-order valence-corrected chi connectivity index (χ2v) is 9.76. The smallest absolute Gasteiger partial charge is 0.266 e. The van der Waals surface area contributed by atoms with Crippen LogP contribution >= 0.6 is 0 Å². The molecule has 0 aliphatic heterocycles. The summed E-state index contributed by atoms with van der Waals surface area (Å²) in [7, 11) is 1.54. The van der Waals surface area contributed by atoms with Crippen molar-refractivity contribution in [3.8, 4) is 39.6 Å². The van der Waals surface area contributed by atoms with Crippen LogP contribution in [0, 0.1) is 5.82 Å². The average Bonchev–Trinajstić information content (AvgIpc) is 3.02. The van der Waals surface area contributed by atoms with Crippen molar-refractivity contribution in [2.24, 2.45) is 0 Å². The van der Waals surface area contributed by atoms with Crippen molar-refractivity contribution in [1.29, 1.82) is 0 Å². The van der Waals surface area contributed by atoms with E-state index in [-0.39, 0.29) is 11.5 Å². The first kappa shape index (κ1) is 27.3. The number of anilines is 2. The molecular weight excluding hydrogens is 549 g/mol. The van der Waals surface area contributed by atoms with Crippen LogP contribution in [0.2, 0.25) is 0 Å². The molecule has 1 atom stereocenters. The van der Waals surface area contributed by atoms with Crippen molar-refractivity contribution < 1.29 is 14.2 Å². The molecule has 11 heteroatoms. The third kappa shape index (κ3) is 5.19. The fraction of sp³-hybridized carbons (Fsp3) is 0.0938. The third-order valence-corrected chi connectivity index (χ3v) is 7.00. The topological polar surface area (TPSA) is 141 Å². The van der Waals surface area contributed by atoms with E-state index in [9.17, 15) is 14.3 Å². The van der Waals surface area contributed by atoms with Crippen LogP contribution in [0.25, 0.3) is 38.8 Å². The zero-order valence-corrected chi connectivity index (χ0v) is 23.2. The van der Waals surface area contributed by atoms with Gasteiger partial charge in [-0.1, -0.05) is 36.4 Å². The van der Waals surface area contributed by atoms with Crippen LogP contribution in [0.15, 0.2) is 96.1 Å². The first-order valence-electron chi connectivity index (χ1n) is 13.3. The lowest BCUT2D eigenvalue weighted by Gasteiger charge is -2.22. The molecule has 43 heavy (non-hydrogen) atoms. The standard InChI is InChI=1S/C32H26FN7O3/c1-18(37-29-23(17-36-32(34)39-29)19-11-12-26(41)24(33)15-19)30-38-25-10-6-9-22(20-13-14-35-27(16-20)43-2)28(25)31(42)40(30)21-7-4-3-5-8-21/h3-18,41H,1-2H3,(H3,34,36,37,39). The van der Waals surface area contributed by atoms with Crippen LogP contribution in [0.1, 0.15) is 18.8 Å². The predicted octanol–water partition coefficient (Wildman–Crippen LogP) is 5.51. The van der Waals surface area contributed by atoms with Crippen LogP contribution in [-0.2, 0) is 0 Å². The Kier molecular flexibility index (Phi) is 7.12. The van der Waals surface area contributed by atoms with E-state index >= 15 is 0 Å². The van der Waals surface area contributed by atoms with Crippen LogP contribution in [0.5, 0.6) is 11.6 Å². The number of aromatic hydroxyl groups is 1. The van der Waals surface area contributed by atoms with Gasteiger partial charge in [-0.15, -0.1) is 0 Å². The van der Waals surface area contributed by atoms with Gasteiger partial charge < -0.3 is 20.9 Å². The minimum Gasteiger partial charge on any atom is -0.505 e. The molecule has 6 aromatic rings. The van der Waals surface area contributed by atoms with E-state index < -0.39 is 17.6 Å². The SMILES string of the molecule is COc1cc(-c2cccc3nc(C(C)Nc4nc(N)ncc4-c4ccc(O)c(F)c4)n(-c4ccccc4)c(=O)c23)ccn1. The molecular formula is C32H26FN7O3. The quantitative estimate of drug-likeness (QED) is 0.225. The molecule has 0 saturated heterocycles. The Bertz CT molecular complexity index is 2030. The second-order valence-electron chi connectivity index (χ2n) is 9.76. The Hall–Kier alpha value is -5.84. The fourth-order valence-corrected chi connectivity index (χ4v) is 4.95. The number of hydrogen-bond donors (Lipinski definition) is 3. The Labute approximate surface area is 245 Å². The number of halogens is 1. The number of rotatable bonds is 7. The van der Waals surface area contributed by atoms with E-state index in [1.54, 1.807) is 29.0 Å². The Balaban J connectivity index is 1.53. The minimum absolute atomic E-state index is 0.00189. The Morgan fingerprint density at radius 2 is 1.74 bits per heavy atom. The number of phenolic OH excluding ortho intramolecular Hbond substituents is 1. The number of para-hydroxylation sites is 1. The number of methoxy groups -OCH3 is 1. The van der Waals surface area contributed by atoms with E-state index in [1.807, 2.05) is 55.5 Å². The van der Waals surface area contributed by atoms with Gasteiger partial charge in [0.2, 0.25) is 11.8 Å². The predicted molar refractivity (Wildman–Crippen MR) is 163 cm³/mol. The Morgan fingerprint density at radius 3 is 2.51 bits per heavy atom. The summed E-state index contributed by atoms with van der Waals surface area (Å²) in [6, 6.07) is 21.7. The molecule has 0 bridgehead atoms. The molecule has 1 unspecified atom stereocenters. The number of hydrogen-bond acceptors (Lipinski definition) is 9. The monoisotopic (exact) mass is 575 g/mol. The molecule has 3 heterocycles. The van der Waals surface area contributed by atoms with Crippen molar-refractivity contribution in [3.05, 3.63) is 113 Å². The number of nitrogens with zero attached hydrogens (tertiary/aromatic N) is 5. The highest BCUT2D eigenvalue weighted by Crippen LogP contribution is 2.33. The van der Waals surface area contributed by atoms with Crippen molar-refractivity contribution in [2.45, 2.75) is 13.0 Å². The zero-order chi connectivity index (χ0) is 30.1. The highest BCUT2D eigenvalue weighted by molar-refractivity contribution is 5.94. The third-order valence-electron chi connectivity index (χ3n) is 7.00. The highest BCUT2D eigenvalue weighted by Gasteiger charge is 2.22. The first-order valence-corrected chi connectivity index (χ1v) is 13.3. The van der Waals surface area contributed by atoms with Gasteiger partial charge in [-0.05, 0) is 60.0 Å². The second kappa shape index (κ2) is 11.2. The lowest BCUT2D eigenvalue weighted by Crippen LogP contribution is -2.28. The number of pyridine rings is 1. The molecule has 0 aliphatic rings. The molecule has 0 amide bonds. The van der Waals surface area contributed by atoms with Gasteiger partial charge in [0.05, 0.1) is 29.7 Å². The van der Waals surface area contributed by atoms with Gasteiger partial charge >= 0.3 is 0 Å². The Morgan fingerprint density at radius 1 is 0.953 bits per heavy atom. The molecule has 3 aromatic heterocycles. The summed E-state index contributed by atoms with van der Waals surface area (Å²) in [6.45, 7) is 1.84. The van der Waals surface area contributed by atoms with Gasteiger partial charge in [0.1, 0.15) is 11.6 Å². The van der Waals surface area contributed by atoms with E-state index in [1.165, 1.54) is 25.4 Å². The maximum atomic E-state index is 14.4. The zero-order valence-electron chi connectivity index (χ0n) is 23.2. The van der Waals surface area contributed by atoms with Crippen LogP contribution < -0.4 is 21.3 Å². The molecule has 0 fully saturated rings. The summed E-state index contributed by atoms with van der Waals surface area (Å²) < 4.78 is 21.1. The summed E-state index contributed by atoms with van der Waals surface area (Å²) in [5.41, 5.74) is 9.10. The fourth-order valence-electron chi connectivity index (χ4n) is 4.95. The number of aromatic nitrogens is 5. The molecule has 214 valence electrons. The van der Waals surface area contributed by atoms with Crippen LogP contribution in [0.3, 0.4) is 0 Å². The van der Waals surface area contributed by atoms with E-state index in [0.717, 1.165) is 5.56 Å². The van der Waals surface area contributed by atoms with Gasteiger partial charge in [0.15, 0.2) is 11.6 Å². The number of nitrogens with one attached hydrogen (secondary N) is 1. The minimum atomic E-state index is -0.787. The maximum absolute atomic E-state index is 14.4. The molecule has 0 spiro atoms. The van der Waals surface area contributed by atoms with Crippen LogP contribution in [0.4, 0.5) is 16.2 Å². The average molecular weight is 576 g/mol. The molecule has 10 nitrogen and oxygen atoms in total. The van der Waals surface area contributed by atoms with E-state index in [4.69, 9.17) is 15.5 Å². The van der Waals surface area contributed by atoms with Gasteiger partial charge in [0.25, 0.3) is 5.56 Å². The van der Waals surface area contributed by atoms with E-state index in [0.29, 0.717) is 50.8 Å². The number of fused-ring (bicyclic) bond motifs is 1. The van der Waals surface area contributed by atoms with Gasteiger partial charge in [-0.3, -0.25) is 9.36 Å². The molecule has 0 aliphatic carbocycles. The van der Waals surface area contributed by atoms with Gasteiger partial charge in [-0.25, -0.2) is 19.3 Å². The lowest BCUT2D eigenvalue weighted by molar-refractivity contribution is 0.398. The molecule has 0 saturated carbocycles. The normalized spacial score (nSPS) is 11.8. The maximum Gasteiger partial charge on any atom is 0.266 e. The first-order chi connectivity index (χ1) is 20.8. The molecule has 3 aromatic carbocycles. The largest absolute Gasteiger partial charge is 0.505 e. The summed E-state index contributed by atoms with van der Waals surface area (Å²) >= 11 is 0. The summed E-state index contributed by atoms with van der Waals surface area (Å²) in [5, 5.41) is 13.4. The number of ether oxygens (including phenoxy) is 1. The van der Waals surface area contributed by atoms with E-state index in [2.05, 4.69) is 20.3 Å². The number of nitrogen functional groups attached to an aromatic ring is 1. The van der Waals surface area contributed by atoms with Crippen molar-refractivity contribution >= 4 is 22.7 Å². The molecule has 0 radical (unpaired) electrons. The molecule has 4 N–H and O–H groups in total. The summed E-state index contributed by atoms with van der Waals surface area (Å²) in [5.74, 6) is -0.120. The van der Waals surface area contributed by atoms with Crippen LogP contribution in [-0.4, -0.2) is 36.7 Å². The number of phenols is 1. The number of benzene rings is 3. The van der Waals surface area contributed by atoms with Crippen molar-refractivity contribution in [1.82, 2.24) is 24.5 Å². The van der Waals surface area contributed by atoms with Gasteiger partial charge in [0, 0.05) is 24.0 Å². The van der Waals surface area contributed by atoms with Crippen molar-refractivity contribution in [3.63, 3.8) is 0 Å². The van der Waals surface area contributed by atoms with Gasteiger partial charge in [-0.2, -0.15) is 4.98 Å². The lowest BCUT2D eigenvalue weighted by atomic mass is 10.0.